The third-order valence-corrected chi connectivity index (χ3v) is 8.66. The van der Waals surface area contributed by atoms with Gasteiger partial charge in [-0.15, -0.1) is 5.10 Å². The van der Waals surface area contributed by atoms with E-state index in [1.807, 2.05) is 49.5 Å². The molecule has 2 aliphatic carbocycles. The second-order valence-electron chi connectivity index (χ2n) is 14.6. The highest BCUT2D eigenvalue weighted by atomic mass is 16.6. The summed E-state index contributed by atoms with van der Waals surface area (Å²) in [6.45, 7) is 12.7. The summed E-state index contributed by atoms with van der Waals surface area (Å²) in [4.78, 5) is 50.8. The number of amides is 2. The van der Waals surface area contributed by atoms with Crippen molar-refractivity contribution in [2.24, 2.45) is 0 Å². The van der Waals surface area contributed by atoms with Crippen LogP contribution in [0, 0.1) is 6.92 Å². The Labute approximate surface area is 267 Å². The summed E-state index contributed by atoms with van der Waals surface area (Å²) in [6.07, 6.45) is 4.68. The van der Waals surface area contributed by atoms with E-state index in [0.29, 0.717) is 40.6 Å². The first-order chi connectivity index (χ1) is 21.7. The highest BCUT2D eigenvalue weighted by Crippen LogP contribution is 2.66. The number of nitrogens with one attached hydrogen (secondary N) is 1. The summed E-state index contributed by atoms with van der Waals surface area (Å²) >= 11 is 0. The minimum atomic E-state index is -0.913. The van der Waals surface area contributed by atoms with Crippen LogP contribution in [-0.2, 0) is 19.7 Å². The number of imide groups is 1. The molecule has 1 spiro atoms. The normalized spacial score (nSPS) is 20.6. The molecule has 0 radical (unpaired) electrons. The van der Waals surface area contributed by atoms with Crippen LogP contribution < -0.4 is 10.2 Å². The van der Waals surface area contributed by atoms with E-state index in [-0.39, 0.29) is 11.8 Å². The predicted molar refractivity (Wildman–Crippen MR) is 173 cm³/mol. The van der Waals surface area contributed by atoms with Crippen LogP contribution in [0.4, 0.5) is 26.9 Å². The summed E-state index contributed by atoms with van der Waals surface area (Å²) in [5, 5.41) is 8.72. The van der Waals surface area contributed by atoms with E-state index in [9.17, 15) is 14.4 Å². The minimum absolute atomic E-state index is 0.223. The number of benzene rings is 2. The molecule has 3 heterocycles. The zero-order valence-corrected chi connectivity index (χ0v) is 27.2. The van der Waals surface area contributed by atoms with E-state index in [1.54, 1.807) is 41.5 Å². The molecule has 238 valence electrons. The van der Waals surface area contributed by atoms with Crippen molar-refractivity contribution in [3.8, 4) is 0 Å². The monoisotopic (exact) mass is 622 g/mol. The highest BCUT2D eigenvalue weighted by molar-refractivity contribution is 6.23. The van der Waals surface area contributed by atoms with E-state index >= 15 is 0 Å². The number of nitrogens with zero attached hydrogens (tertiary/aromatic N) is 5. The number of hydrogen-bond acceptors (Lipinski definition) is 9. The van der Waals surface area contributed by atoms with Gasteiger partial charge in [0.1, 0.15) is 23.3 Å². The van der Waals surface area contributed by atoms with Crippen LogP contribution in [0.2, 0.25) is 0 Å². The lowest BCUT2D eigenvalue weighted by Crippen LogP contribution is -2.41. The van der Waals surface area contributed by atoms with Crippen molar-refractivity contribution >= 4 is 46.3 Å². The number of fused-ring (bicyclic) bond motifs is 3. The topological polar surface area (TPSA) is 129 Å². The van der Waals surface area contributed by atoms with E-state index in [1.165, 1.54) is 15.9 Å². The summed E-state index contributed by atoms with van der Waals surface area (Å²) < 4.78 is 12.6. The first-order valence-corrected chi connectivity index (χ1v) is 15.7. The maximum absolute atomic E-state index is 14.2. The third kappa shape index (κ3) is 5.07. The Bertz CT molecular complexity index is 1930. The van der Waals surface area contributed by atoms with Crippen molar-refractivity contribution in [3.63, 3.8) is 0 Å². The maximum atomic E-state index is 14.2. The number of rotatable bonds is 4. The SMILES string of the molecule is Cc1ccc2c(c1)[C@]1(C[C@H]1c1ccc3c(Nc4ncncc4C4CC4)nn(C(=O)OC(C)(C)C)c3c1)C(=O)N2C(=O)OC(C)(C)C. The fourth-order valence-corrected chi connectivity index (χ4v) is 6.45. The predicted octanol–water partition coefficient (Wildman–Crippen LogP) is 7.25. The molecule has 3 aliphatic rings. The summed E-state index contributed by atoms with van der Waals surface area (Å²) in [7, 11) is 0. The number of aryl methyl sites for hydroxylation is 1. The highest BCUT2D eigenvalue weighted by Gasteiger charge is 2.68. The van der Waals surface area contributed by atoms with Gasteiger partial charge in [0.2, 0.25) is 5.91 Å². The fraction of sp³-hybridized carbons (Fsp3) is 0.429. The number of aromatic nitrogens is 4. The molecule has 0 unspecified atom stereocenters. The van der Waals surface area contributed by atoms with Gasteiger partial charge in [0.15, 0.2) is 5.82 Å². The quantitative estimate of drug-likeness (QED) is 0.250. The molecular weight excluding hydrogens is 584 g/mol. The van der Waals surface area contributed by atoms with Crippen LogP contribution in [0.5, 0.6) is 0 Å². The van der Waals surface area contributed by atoms with Crippen LogP contribution >= 0.6 is 0 Å². The van der Waals surface area contributed by atoms with Crippen LogP contribution in [0.25, 0.3) is 10.9 Å². The molecule has 2 aromatic carbocycles. The van der Waals surface area contributed by atoms with Crippen molar-refractivity contribution in [2.75, 3.05) is 10.2 Å². The molecule has 2 atom stereocenters. The molecule has 2 aromatic heterocycles. The first-order valence-electron chi connectivity index (χ1n) is 15.7. The van der Waals surface area contributed by atoms with Gasteiger partial charge in [0.05, 0.1) is 16.6 Å². The number of anilines is 3. The lowest BCUT2D eigenvalue weighted by Gasteiger charge is -2.24. The Kier molecular flexibility index (Phi) is 6.56. The zero-order valence-electron chi connectivity index (χ0n) is 27.2. The number of carbonyl (C=O) groups is 3. The lowest BCUT2D eigenvalue weighted by molar-refractivity contribution is -0.120. The Balaban J connectivity index is 1.29. The van der Waals surface area contributed by atoms with Crippen molar-refractivity contribution in [1.82, 2.24) is 19.7 Å². The molecule has 11 heteroatoms. The molecule has 7 rings (SSSR count). The average molecular weight is 623 g/mol. The van der Waals surface area contributed by atoms with Crippen molar-refractivity contribution in [3.05, 3.63) is 71.2 Å². The van der Waals surface area contributed by atoms with Gasteiger partial charge in [0.25, 0.3) is 0 Å². The molecule has 0 bridgehead atoms. The molecule has 2 amide bonds. The largest absolute Gasteiger partial charge is 0.443 e. The van der Waals surface area contributed by atoms with Crippen LogP contribution in [0.15, 0.2) is 48.9 Å². The zero-order chi connectivity index (χ0) is 32.8. The smallest absolute Gasteiger partial charge is 0.435 e. The van der Waals surface area contributed by atoms with Crippen molar-refractivity contribution < 1.29 is 23.9 Å². The minimum Gasteiger partial charge on any atom is -0.443 e. The summed E-state index contributed by atoms with van der Waals surface area (Å²) in [5.41, 5.74) is 2.36. The van der Waals surface area contributed by atoms with E-state index in [0.717, 1.165) is 35.1 Å². The molecule has 0 saturated heterocycles. The Morgan fingerprint density at radius 2 is 1.67 bits per heavy atom. The second kappa shape index (κ2) is 10.1. The third-order valence-electron chi connectivity index (χ3n) is 8.66. The first kappa shape index (κ1) is 29.9. The average Bonchev–Trinajstić information content (AvgIpc) is 3.88. The van der Waals surface area contributed by atoms with Gasteiger partial charge in [-0.3, -0.25) is 4.79 Å². The Morgan fingerprint density at radius 1 is 0.957 bits per heavy atom. The second-order valence-corrected chi connectivity index (χ2v) is 14.6. The van der Waals surface area contributed by atoms with E-state index in [2.05, 4.69) is 20.4 Å². The molecular formula is C35H38N6O5. The molecule has 46 heavy (non-hydrogen) atoms. The molecule has 1 N–H and O–H groups in total. The Morgan fingerprint density at radius 3 is 2.37 bits per heavy atom. The van der Waals surface area contributed by atoms with Gasteiger partial charge in [-0.1, -0.05) is 23.8 Å². The van der Waals surface area contributed by atoms with Gasteiger partial charge in [-0.05, 0) is 103 Å². The molecule has 11 nitrogen and oxygen atoms in total. The molecule has 1 aliphatic heterocycles. The lowest BCUT2D eigenvalue weighted by atomic mass is 9.91. The summed E-state index contributed by atoms with van der Waals surface area (Å²) in [5.74, 6) is 0.999. The van der Waals surface area contributed by atoms with E-state index < -0.39 is 28.8 Å². The van der Waals surface area contributed by atoms with Gasteiger partial charge in [-0.2, -0.15) is 4.68 Å². The molecule has 2 saturated carbocycles. The molecule has 2 fully saturated rings. The van der Waals surface area contributed by atoms with Crippen LogP contribution in [0.3, 0.4) is 0 Å². The number of carbonyl (C=O) groups excluding carboxylic acids is 3. The van der Waals surface area contributed by atoms with Gasteiger partial charge in [-0.25, -0.2) is 24.5 Å². The Hall–Kier alpha value is -4.80. The maximum Gasteiger partial charge on any atom is 0.435 e. The standard InChI is InChI=1S/C35H38N6O5/c1-19-8-13-26-24(14-19)35(30(42)40(26)31(43)45-33(2,3)4)16-25(35)21-11-12-22-27(15-21)41(32(44)46-34(5,6)7)39-29(22)38-28-23(20-9-10-20)17-36-18-37-28/h8,11-15,17-18,20,25H,9-10,16H2,1-7H3,(H,36,37,38,39)/t25-,35-/m0/s1. The van der Waals surface area contributed by atoms with Crippen molar-refractivity contribution in [1.29, 1.82) is 0 Å². The van der Waals surface area contributed by atoms with E-state index in [4.69, 9.17) is 9.47 Å². The van der Waals surface area contributed by atoms with Gasteiger partial charge < -0.3 is 14.8 Å². The summed E-state index contributed by atoms with van der Waals surface area (Å²) in [6, 6.07) is 11.5. The van der Waals surface area contributed by atoms with Crippen LogP contribution in [-0.4, -0.2) is 49.0 Å². The van der Waals surface area contributed by atoms with Gasteiger partial charge >= 0.3 is 12.2 Å². The van der Waals surface area contributed by atoms with Crippen LogP contribution in [0.1, 0.15) is 94.9 Å². The number of ether oxygens (including phenoxy) is 2. The fourth-order valence-electron chi connectivity index (χ4n) is 6.45. The van der Waals surface area contributed by atoms with Crippen molar-refractivity contribution in [2.45, 2.75) is 96.2 Å². The number of hydrogen-bond donors (Lipinski definition) is 1. The van der Waals surface area contributed by atoms with Gasteiger partial charge in [0, 0.05) is 23.1 Å². The molecule has 4 aromatic rings.